The summed E-state index contributed by atoms with van der Waals surface area (Å²) in [7, 11) is 0. The number of esters is 1. The molecule has 1 spiro atoms. The fraction of sp³-hybridized carbons (Fsp3) is 0.255. The number of hydrogen-bond acceptors (Lipinski definition) is 2. The lowest BCUT2D eigenvalue weighted by atomic mass is 9.70. The molecule has 2 heteroatoms. The van der Waals surface area contributed by atoms with E-state index in [1.54, 1.807) is 59.8 Å². The van der Waals surface area contributed by atoms with Crippen LogP contribution in [0.5, 0.6) is 0 Å². The van der Waals surface area contributed by atoms with E-state index in [0.29, 0.717) is 13.0 Å². The van der Waals surface area contributed by atoms with E-state index in [-0.39, 0.29) is 22.2 Å². The molecule has 3 unspecified atom stereocenters. The Hall–Kier alpha value is -4.95. The Labute approximate surface area is 283 Å². The van der Waals surface area contributed by atoms with Crippen molar-refractivity contribution in [1.29, 1.82) is 0 Å². The van der Waals surface area contributed by atoms with Crippen molar-refractivity contribution in [3.05, 3.63) is 117 Å². The highest BCUT2D eigenvalue weighted by atomic mass is 16.5. The minimum atomic E-state index is -0.184. The number of carbonyl (C=O) groups excluding carboxylic acids is 1. The summed E-state index contributed by atoms with van der Waals surface area (Å²) >= 11 is 0. The van der Waals surface area contributed by atoms with Crippen molar-refractivity contribution in [1.82, 2.24) is 0 Å². The molecule has 0 saturated heterocycles. The molecular formula is C47H32O2. The topological polar surface area (TPSA) is 26.3 Å². The average molecular weight is 629 g/mol. The van der Waals surface area contributed by atoms with E-state index < -0.39 is 0 Å². The summed E-state index contributed by atoms with van der Waals surface area (Å²) in [5, 5.41) is 18.3. The van der Waals surface area contributed by atoms with Crippen LogP contribution in [-0.2, 0) is 33.2 Å². The molecule has 0 bridgehead atoms. The predicted molar refractivity (Wildman–Crippen MR) is 200 cm³/mol. The molecule has 6 aliphatic rings. The minimum Gasteiger partial charge on any atom is -0.466 e. The maximum absolute atomic E-state index is 13.1. The van der Waals surface area contributed by atoms with Crippen molar-refractivity contribution in [2.45, 2.75) is 62.7 Å². The Bertz CT molecular complexity index is 3000. The van der Waals surface area contributed by atoms with Gasteiger partial charge in [0.05, 0.1) is 6.61 Å². The van der Waals surface area contributed by atoms with Gasteiger partial charge in [-0.3, -0.25) is 4.79 Å². The average Bonchev–Trinajstić information content (AvgIpc) is 3.62. The second-order valence-corrected chi connectivity index (χ2v) is 16.3. The molecule has 1 saturated carbocycles. The van der Waals surface area contributed by atoms with E-state index in [1.165, 1.54) is 54.9 Å². The highest BCUT2D eigenvalue weighted by Crippen LogP contribution is 2.91. The van der Waals surface area contributed by atoms with Gasteiger partial charge < -0.3 is 4.74 Å². The summed E-state index contributed by atoms with van der Waals surface area (Å²) in [4.78, 5) is 13.1. The van der Waals surface area contributed by atoms with E-state index >= 15 is 0 Å². The SMILES string of the molecule is CCCCOC(=O)CCCC1(c2ccccc2)C23C=Cc4cc5c6c7c4C21c1c2c4c(cc8ccc9cc(c6c6c9c8c4c6c17)C5)CC2=C3. The van der Waals surface area contributed by atoms with Gasteiger partial charge >= 0.3 is 5.97 Å². The van der Waals surface area contributed by atoms with Crippen molar-refractivity contribution >= 4 is 82.3 Å². The number of hydrogen-bond donors (Lipinski definition) is 0. The maximum atomic E-state index is 13.1. The molecule has 49 heavy (non-hydrogen) atoms. The van der Waals surface area contributed by atoms with Gasteiger partial charge in [0.15, 0.2) is 0 Å². The quantitative estimate of drug-likeness (QED) is 0.0951. The second kappa shape index (κ2) is 7.45. The molecule has 0 aromatic heterocycles. The monoisotopic (exact) mass is 628 g/mol. The highest BCUT2D eigenvalue weighted by Gasteiger charge is 2.89. The molecule has 6 aliphatic carbocycles. The van der Waals surface area contributed by atoms with Crippen LogP contribution in [0.15, 0.2) is 72.8 Å². The van der Waals surface area contributed by atoms with Crippen LogP contribution < -0.4 is 0 Å². The second-order valence-electron chi connectivity index (χ2n) is 16.3. The Morgan fingerprint density at radius 3 is 2.27 bits per heavy atom. The molecular weight excluding hydrogens is 597 g/mol. The zero-order valence-electron chi connectivity index (χ0n) is 27.5. The van der Waals surface area contributed by atoms with E-state index in [9.17, 15) is 4.79 Å². The van der Waals surface area contributed by atoms with Crippen LogP contribution in [0.25, 0.3) is 76.3 Å². The lowest BCUT2D eigenvalue weighted by Gasteiger charge is -2.31. The summed E-state index contributed by atoms with van der Waals surface area (Å²) in [6.07, 6.45) is 14.1. The first-order chi connectivity index (χ1) is 24.1. The third-order valence-electron chi connectivity index (χ3n) is 14.6. The van der Waals surface area contributed by atoms with Gasteiger partial charge in [0.25, 0.3) is 0 Å². The van der Waals surface area contributed by atoms with Gasteiger partial charge in [0.2, 0.25) is 0 Å². The zero-order valence-corrected chi connectivity index (χ0v) is 27.5. The van der Waals surface area contributed by atoms with Crippen molar-refractivity contribution in [3.8, 4) is 0 Å². The summed E-state index contributed by atoms with van der Waals surface area (Å²) in [6, 6.07) is 23.9. The van der Waals surface area contributed by atoms with E-state index in [2.05, 4.69) is 85.8 Å². The molecule has 8 aromatic rings. The largest absolute Gasteiger partial charge is 0.466 e. The van der Waals surface area contributed by atoms with E-state index in [1.807, 2.05) is 0 Å². The fourth-order valence-electron chi connectivity index (χ4n) is 13.5. The number of unbranched alkanes of at least 4 members (excludes halogenated alkanes) is 1. The third kappa shape index (κ3) is 2.19. The Morgan fingerprint density at radius 1 is 0.735 bits per heavy atom. The van der Waals surface area contributed by atoms with Crippen LogP contribution in [0.4, 0.5) is 0 Å². The molecule has 14 rings (SSSR count). The Balaban J connectivity index is 1.16. The van der Waals surface area contributed by atoms with Crippen molar-refractivity contribution in [2.75, 3.05) is 6.61 Å². The molecule has 2 nitrogen and oxygen atoms in total. The van der Waals surface area contributed by atoms with Crippen molar-refractivity contribution < 1.29 is 9.53 Å². The van der Waals surface area contributed by atoms with Gasteiger partial charge in [-0.25, -0.2) is 0 Å². The van der Waals surface area contributed by atoms with Gasteiger partial charge in [-0.1, -0.05) is 92.2 Å². The number of allylic oxidation sites excluding steroid dienone is 3. The van der Waals surface area contributed by atoms with Crippen LogP contribution >= 0.6 is 0 Å². The molecule has 8 aromatic carbocycles. The molecule has 1 fully saturated rings. The van der Waals surface area contributed by atoms with Gasteiger partial charge in [-0.2, -0.15) is 0 Å². The standard InChI is InChI=1S/C47H32O2/c1-2-3-16-49-31(48)10-7-14-46(30-8-5-4-6-9-30)45-15-13-25-19-28-20-26-17-23-11-12-24-18-27-21-29(22-45)37-36(27)39-33(24)32(23)38-34(26)35(28)41-42(40(38)39)44(37)47(45,46)43(25)41/h4-6,8-9,11-13,15,17-19,22H,2-3,7,10,14,16,20-21H2,1H3. The lowest BCUT2D eigenvalue weighted by molar-refractivity contribution is -0.143. The molecule has 0 amide bonds. The van der Waals surface area contributed by atoms with Crippen LogP contribution in [0.1, 0.15) is 83.5 Å². The summed E-state index contributed by atoms with van der Waals surface area (Å²) in [5.74, 6) is -0.0449. The minimum absolute atomic E-state index is 0.0449. The lowest BCUT2D eigenvalue weighted by Crippen LogP contribution is -2.25. The summed E-state index contributed by atoms with van der Waals surface area (Å²) in [5.41, 5.74) is 13.2. The molecule has 232 valence electrons. The van der Waals surface area contributed by atoms with Crippen molar-refractivity contribution in [3.63, 3.8) is 0 Å². The van der Waals surface area contributed by atoms with E-state index in [4.69, 9.17) is 4.74 Å². The predicted octanol–water partition coefficient (Wildman–Crippen LogP) is 10.9. The number of rotatable bonds is 8. The molecule has 0 heterocycles. The van der Waals surface area contributed by atoms with Crippen LogP contribution in [-0.4, -0.2) is 12.6 Å². The number of ether oxygens (including phenoxy) is 1. The number of benzene rings is 7. The first-order valence-electron chi connectivity index (χ1n) is 18.6. The molecule has 0 radical (unpaired) electrons. The Kier molecular flexibility index (Phi) is 3.82. The molecule has 0 aliphatic heterocycles. The van der Waals surface area contributed by atoms with Gasteiger partial charge in [0.1, 0.15) is 0 Å². The zero-order chi connectivity index (χ0) is 31.8. The maximum Gasteiger partial charge on any atom is 0.305 e. The van der Waals surface area contributed by atoms with Crippen LogP contribution in [0.3, 0.4) is 0 Å². The first-order valence-corrected chi connectivity index (χ1v) is 18.6. The summed E-state index contributed by atoms with van der Waals surface area (Å²) in [6.45, 7) is 2.68. The van der Waals surface area contributed by atoms with Crippen LogP contribution in [0.2, 0.25) is 0 Å². The first kappa shape index (κ1) is 25.1. The van der Waals surface area contributed by atoms with Gasteiger partial charge in [-0.05, 0) is 147 Å². The van der Waals surface area contributed by atoms with Gasteiger partial charge in [-0.15, -0.1) is 0 Å². The van der Waals surface area contributed by atoms with Crippen molar-refractivity contribution in [2.24, 2.45) is 5.41 Å². The van der Waals surface area contributed by atoms with Gasteiger partial charge in [0, 0.05) is 22.7 Å². The molecule has 3 atom stereocenters. The number of carbonyl (C=O) groups is 1. The molecule has 0 N–H and O–H groups in total. The third-order valence-corrected chi connectivity index (χ3v) is 14.6. The smallest absolute Gasteiger partial charge is 0.305 e. The van der Waals surface area contributed by atoms with Crippen LogP contribution in [0, 0.1) is 5.41 Å². The summed E-state index contributed by atoms with van der Waals surface area (Å²) < 4.78 is 5.70. The van der Waals surface area contributed by atoms with E-state index in [0.717, 1.165) is 38.5 Å². The fourth-order valence-corrected chi connectivity index (χ4v) is 13.5. The normalized spacial score (nSPS) is 25.5. The Morgan fingerprint density at radius 2 is 1.45 bits per heavy atom. The highest BCUT2D eigenvalue weighted by molar-refractivity contribution is 6.52.